The molecule has 49 heavy (non-hydrogen) atoms. The Balaban J connectivity index is 1.18. The Bertz CT molecular complexity index is 2370. The van der Waals surface area contributed by atoms with Gasteiger partial charge in [-0.2, -0.15) is 0 Å². The third kappa shape index (κ3) is 6.03. The number of rotatable bonds is 7. The summed E-state index contributed by atoms with van der Waals surface area (Å²) in [4.78, 5) is 10.2. The molecule has 1 heterocycles. The van der Waals surface area contributed by atoms with Crippen molar-refractivity contribution in [3.63, 3.8) is 0 Å². The Morgan fingerprint density at radius 1 is 0.653 bits per heavy atom. The fourth-order valence-electron chi connectivity index (χ4n) is 7.30. The van der Waals surface area contributed by atoms with Crippen molar-refractivity contribution in [3.05, 3.63) is 192 Å². The molecule has 2 aliphatic carbocycles. The predicted octanol–water partition coefficient (Wildman–Crippen LogP) is 12.4. The first-order chi connectivity index (χ1) is 24.2. The van der Waals surface area contributed by atoms with Gasteiger partial charge >= 0.3 is 0 Å². The van der Waals surface area contributed by atoms with Crippen LogP contribution in [-0.4, -0.2) is 9.97 Å². The van der Waals surface area contributed by atoms with Gasteiger partial charge in [-0.3, -0.25) is 0 Å². The quantitative estimate of drug-likeness (QED) is 0.130. The minimum Gasteiger partial charge on any atom is -0.232 e. The van der Waals surface area contributed by atoms with Crippen LogP contribution in [0.1, 0.15) is 52.8 Å². The largest absolute Gasteiger partial charge is 0.232 e. The number of benzene rings is 5. The number of allylic oxidation sites excluding steroid dienone is 10. The predicted molar refractivity (Wildman–Crippen MR) is 208 cm³/mol. The van der Waals surface area contributed by atoms with Crippen molar-refractivity contribution in [2.24, 2.45) is 0 Å². The summed E-state index contributed by atoms with van der Waals surface area (Å²) in [6.07, 6.45) is 23.6. The lowest BCUT2D eigenvalue weighted by molar-refractivity contribution is 0.775. The summed E-state index contributed by atoms with van der Waals surface area (Å²) in [6, 6.07) is 37.2. The molecule has 8 rings (SSSR count). The van der Waals surface area contributed by atoms with E-state index in [2.05, 4.69) is 159 Å². The van der Waals surface area contributed by atoms with E-state index in [1.165, 1.54) is 49.4 Å². The number of aryl methyl sites for hydroxylation is 1. The van der Waals surface area contributed by atoms with Crippen molar-refractivity contribution in [2.45, 2.75) is 31.6 Å². The van der Waals surface area contributed by atoms with Gasteiger partial charge in [0.2, 0.25) is 0 Å². The average molecular weight is 631 g/mol. The molecule has 0 saturated heterocycles. The van der Waals surface area contributed by atoms with Gasteiger partial charge in [-0.1, -0.05) is 152 Å². The van der Waals surface area contributed by atoms with Gasteiger partial charge in [0, 0.05) is 23.0 Å². The van der Waals surface area contributed by atoms with E-state index >= 15 is 0 Å². The lowest BCUT2D eigenvalue weighted by atomic mass is 9.85. The summed E-state index contributed by atoms with van der Waals surface area (Å²) in [5.41, 5.74) is 10.5. The third-order valence-electron chi connectivity index (χ3n) is 9.87. The maximum Gasteiger partial charge on any atom is 0.136 e. The molecule has 2 unspecified atom stereocenters. The van der Waals surface area contributed by atoms with Gasteiger partial charge < -0.3 is 0 Å². The Labute approximate surface area is 288 Å². The molecule has 0 bridgehead atoms. The van der Waals surface area contributed by atoms with Crippen LogP contribution >= 0.6 is 0 Å². The Hall–Kier alpha value is -5.86. The molecule has 0 fully saturated rings. The van der Waals surface area contributed by atoms with Crippen molar-refractivity contribution in [3.8, 4) is 22.5 Å². The fraction of sp³-hybridized carbons (Fsp3) is 0.106. The number of hydrogen-bond donors (Lipinski definition) is 0. The number of fused-ring (bicyclic) bond motifs is 3. The molecule has 0 radical (unpaired) electrons. The van der Waals surface area contributed by atoms with Crippen molar-refractivity contribution in [1.29, 1.82) is 0 Å². The Morgan fingerprint density at radius 2 is 1.43 bits per heavy atom. The minimum atomic E-state index is 0.168. The highest BCUT2D eigenvalue weighted by atomic mass is 14.9. The van der Waals surface area contributed by atoms with Gasteiger partial charge in [0.25, 0.3) is 0 Å². The van der Waals surface area contributed by atoms with Crippen LogP contribution in [0.15, 0.2) is 164 Å². The first kappa shape index (κ1) is 30.5. The zero-order valence-electron chi connectivity index (χ0n) is 27.8. The SMILES string of the molecule is C=C/C=C\c1c(C)c2ccccc2c2cc(C3=CC(c4cccc(-c5cc(-c6ccccc6)nc(C6C=CC=CC6)n5)c4)CC=C3)ccc12. The van der Waals surface area contributed by atoms with Gasteiger partial charge in [0.05, 0.1) is 11.4 Å². The van der Waals surface area contributed by atoms with Crippen molar-refractivity contribution in [1.82, 2.24) is 9.97 Å². The van der Waals surface area contributed by atoms with Crippen LogP contribution in [0.25, 0.3) is 55.7 Å². The molecule has 6 aromatic rings. The number of aromatic nitrogens is 2. The maximum atomic E-state index is 5.15. The van der Waals surface area contributed by atoms with E-state index in [4.69, 9.17) is 9.97 Å². The van der Waals surface area contributed by atoms with Gasteiger partial charge in [-0.15, -0.1) is 0 Å². The highest BCUT2D eigenvalue weighted by Crippen LogP contribution is 2.38. The van der Waals surface area contributed by atoms with Crippen LogP contribution in [0.5, 0.6) is 0 Å². The molecular formula is C47H38N2. The van der Waals surface area contributed by atoms with E-state index in [0.29, 0.717) is 0 Å². The second kappa shape index (κ2) is 13.3. The standard InChI is InChI=1S/C47H38N2/c1-3-4-23-40-32(2)41-24-11-12-25-42(41)44-30-38(26-27-43(40)44)36-20-13-19-35(28-36)37-21-14-22-39(29-37)46-31-45(33-15-7-5-8-16-33)48-47(49-46)34-17-9-6-10-18-34/h3-17,20-31,34-35H,1,18-19H2,2H3/b23-4-. The molecule has 0 amide bonds. The monoisotopic (exact) mass is 630 g/mol. The van der Waals surface area contributed by atoms with Crippen LogP contribution in [0.3, 0.4) is 0 Å². The molecule has 2 heteroatoms. The van der Waals surface area contributed by atoms with Gasteiger partial charge in [-0.25, -0.2) is 9.97 Å². The summed E-state index contributed by atoms with van der Waals surface area (Å²) >= 11 is 0. The van der Waals surface area contributed by atoms with E-state index in [1.54, 1.807) is 0 Å². The minimum absolute atomic E-state index is 0.168. The van der Waals surface area contributed by atoms with E-state index in [-0.39, 0.29) is 11.8 Å². The Morgan fingerprint density at radius 3 is 2.24 bits per heavy atom. The summed E-state index contributed by atoms with van der Waals surface area (Å²) < 4.78 is 0. The summed E-state index contributed by atoms with van der Waals surface area (Å²) in [5.74, 6) is 1.30. The Kier molecular flexibility index (Phi) is 8.29. The first-order valence-corrected chi connectivity index (χ1v) is 17.2. The average Bonchev–Trinajstić information content (AvgIpc) is 3.18. The molecule has 2 atom stereocenters. The van der Waals surface area contributed by atoms with Crippen molar-refractivity contribution >= 4 is 33.2 Å². The molecule has 2 aliphatic rings. The van der Waals surface area contributed by atoms with Crippen LogP contribution in [0, 0.1) is 6.92 Å². The molecule has 0 saturated carbocycles. The number of hydrogen-bond acceptors (Lipinski definition) is 2. The third-order valence-corrected chi connectivity index (χ3v) is 9.87. The van der Waals surface area contributed by atoms with Crippen LogP contribution in [0.4, 0.5) is 0 Å². The van der Waals surface area contributed by atoms with Crippen molar-refractivity contribution in [2.75, 3.05) is 0 Å². The van der Waals surface area contributed by atoms with Crippen LogP contribution in [0.2, 0.25) is 0 Å². The topological polar surface area (TPSA) is 25.8 Å². The smallest absolute Gasteiger partial charge is 0.136 e. The lowest BCUT2D eigenvalue weighted by Gasteiger charge is -2.20. The van der Waals surface area contributed by atoms with E-state index in [1.807, 2.05) is 18.2 Å². The van der Waals surface area contributed by atoms with Crippen LogP contribution in [-0.2, 0) is 0 Å². The van der Waals surface area contributed by atoms with Crippen LogP contribution < -0.4 is 0 Å². The van der Waals surface area contributed by atoms with Gasteiger partial charge in [0.1, 0.15) is 5.82 Å². The molecule has 2 nitrogen and oxygen atoms in total. The summed E-state index contributed by atoms with van der Waals surface area (Å²) in [5, 5.41) is 5.12. The molecule has 1 aromatic heterocycles. The zero-order chi connectivity index (χ0) is 33.2. The van der Waals surface area contributed by atoms with Gasteiger partial charge in [-0.05, 0) is 87.3 Å². The summed E-state index contributed by atoms with van der Waals surface area (Å²) in [6.45, 7) is 6.13. The molecule has 0 spiro atoms. The first-order valence-electron chi connectivity index (χ1n) is 17.2. The molecule has 5 aromatic carbocycles. The zero-order valence-corrected chi connectivity index (χ0v) is 27.8. The normalized spacial score (nSPS) is 17.2. The molecule has 0 N–H and O–H groups in total. The van der Waals surface area contributed by atoms with Gasteiger partial charge in [0.15, 0.2) is 0 Å². The summed E-state index contributed by atoms with van der Waals surface area (Å²) in [7, 11) is 0. The maximum absolute atomic E-state index is 5.15. The number of nitrogens with zero attached hydrogens (tertiary/aromatic N) is 2. The van der Waals surface area contributed by atoms with E-state index < -0.39 is 0 Å². The van der Waals surface area contributed by atoms with Crippen molar-refractivity contribution < 1.29 is 0 Å². The highest BCUT2D eigenvalue weighted by molar-refractivity contribution is 6.13. The fourth-order valence-corrected chi connectivity index (χ4v) is 7.30. The molecule has 0 aliphatic heterocycles. The lowest BCUT2D eigenvalue weighted by Crippen LogP contribution is -2.06. The molecule has 236 valence electrons. The van der Waals surface area contributed by atoms with E-state index in [0.717, 1.165) is 41.2 Å². The highest BCUT2D eigenvalue weighted by Gasteiger charge is 2.19. The molecular weight excluding hydrogens is 593 g/mol. The second-order valence-electron chi connectivity index (χ2n) is 12.9. The van der Waals surface area contributed by atoms with E-state index in [9.17, 15) is 0 Å². The second-order valence-corrected chi connectivity index (χ2v) is 12.9.